The van der Waals surface area contributed by atoms with Crippen LogP contribution in [0, 0.1) is 6.92 Å². The number of thiazole rings is 2. The minimum absolute atomic E-state index is 0.180. The second-order valence-corrected chi connectivity index (χ2v) is 8.07. The Morgan fingerprint density at radius 2 is 1.97 bits per heavy atom. The zero-order chi connectivity index (χ0) is 21.3. The van der Waals surface area contributed by atoms with Crippen LogP contribution >= 0.6 is 22.7 Å². The van der Waals surface area contributed by atoms with Crippen molar-refractivity contribution in [3.63, 3.8) is 0 Å². The van der Waals surface area contributed by atoms with Gasteiger partial charge in [-0.3, -0.25) is 14.5 Å². The Hall–Kier alpha value is -3.24. The highest BCUT2D eigenvalue weighted by atomic mass is 32.1. The molecule has 0 fully saturated rings. The number of carbonyl (C=O) groups is 2. The number of anilines is 1. The van der Waals surface area contributed by atoms with E-state index in [1.54, 1.807) is 19.4 Å². The summed E-state index contributed by atoms with van der Waals surface area (Å²) in [6.07, 6.45) is 1.90. The highest BCUT2D eigenvalue weighted by molar-refractivity contribution is 7.19. The van der Waals surface area contributed by atoms with Crippen LogP contribution in [-0.4, -0.2) is 40.0 Å². The smallest absolute Gasteiger partial charge is 0.357 e. The Kier molecular flexibility index (Phi) is 5.51. The number of benzene rings is 1. The van der Waals surface area contributed by atoms with Crippen molar-refractivity contribution in [2.45, 2.75) is 13.8 Å². The fourth-order valence-corrected chi connectivity index (χ4v) is 4.52. The van der Waals surface area contributed by atoms with E-state index in [4.69, 9.17) is 9.47 Å². The molecule has 10 heteroatoms. The van der Waals surface area contributed by atoms with Crippen molar-refractivity contribution in [1.82, 2.24) is 14.4 Å². The Balaban J connectivity index is 1.54. The fraction of sp³-hybridized carbons (Fsp3) is 0.200. The van der Waals surface area contributed by atoms with E-state index < -0.39 is 5.97 Å². The zero-order valence-electron chi connectivity index (χ0n) is 16.5. The van der Waals surface area contributed by atoms with Crippen LogP contribution < -0.4 is 10.1 Å². The van der Waals surface area contributed by atoms with E-state index in [9.17, 15) is 9.59 Å². The second-order valence-electron chi connectivity index (χ2n) is 6.24. The second kappa shape index (κ2) is 8.25. The van der Waals surface area contributed by atoms with Crippen molar-refractivity contribution in [2.75, 3.05) is 19.0 Å². The minimum Gasteiger partial charge on any atom is -0.497 e. The third-order valence-corrected chi connectivity index (χ3v) is 6.27. The highest BCUT2D eigenvalue weighted by Crippen LogP contribution is 2.29. The molecule has 1 amide bonds. The number of methoxy groups -OCH3 is 1. The first-order valence-corrected chi connectivity index (χ1v) is 10.8. The lowest BCUT2D eigenvalue weighted by molar-refractivity contribution is 0.0520. The summed E-state index contributed by atoms with van der Waals surface area (Å²) in [4.78, 5) is 34.5. The normalized spacial score (nSPS) is 10.9. The summed E-state index contributed by atoms with van der Waals surface area (Å²) in [6, 6.07) is 7.65. The molecule has 3 aromatic heterocycles. The van der Waals surface area contributed by atoms with Gasteiger partial charge in [0, 0.05) is 22.8 Å². The van der Waals surface area contributed by atoms with Gasteiger partial charge in [-0.25, -0.2) is 14.8 Å². The third-order valence-electron chi connectivity index (χ3n) is 4.36. The largest absolute Gasteiger partial charge is 0.497 e. The average Bonchev–Trinajstić information content (AvgIpc) is 3.45. The summed E-state index contributed by atoms with van der Waals surface area (Å²) in [5.41, 5.74) is 2.74. The summed E-state index contributed by atoms with van der Waals surface area (Å²) < 4.78 is 12.0. The Morgan fingerprint density at radius 1 is 1.20 bits per heavy atom. The van der Waals surface area contributed by atoms with E-state index in [0.29, 0.717) is 10.0 Å². The molecule has 4 rings (SSSR count). The molecule has 0 aliphatic carbocycles. The first kappa shape index (κ1) is 20.0. The molecule has 0 atom stereocenters. The summed E-state index contributed by atoms with van der Waals surface area (Å²) >= 11 is 2.47. The maximum atomic E-state index is 12.7. The minimum atomic E-state index is -0.508. The zero-order valence-corrected chi connectivity index (χ0v) is 18.1. The lowest BCUT2D eigenvalue weighted by Crippen LogP contribution is -2.12. The van der Waals surface area contributed by atoms with Crippen LogP contribution in [0.3, 0.4) is 0 Å². The number of imidazole rings is 1. The van der Waals surface area contributed by atoms with Crippen LogP contribution in [0.1, 0.15) is 32.8 Å². The highest BCUT2D eigenvalue weighted by Gasteiger charge is 2.20. The van der Waals surface area contributed by atoms with Gasteiger partial charge < -0.3 is 9.47 Å². The molecule has 154 valence electrons. The number of nitrogens with one attached hydrogen (secondary N) is 1. The van der Waals surface area contributed by atoms with Gasteiger partial charge in [0.2, 0.25) is 0 Å². The molecule has 0 unspecified atom stereocenters. The van der Waals surface area contributed by atoms with E-state index >= 15 is 0 Å². The first-order chi connectivity index (χ1) is 14.5. The number of hydrogen-bond donors (Lipinski definition) is 1. The molecule has 8 nitrogen and oxygen atoms in total. The summed E-state index contributed by atoms with van der Waals surface area (Å²) in [7, 11) is 1.63. The van der Waals surface area contributed by atoms with Gasteiger partial charge in [0.05, 0.1) is 19.4 Å². The van der Waals surface area contributed by atoms with Gasteiger partial charge in [-0.2, -0.15) is 0 Å². The van der Waals surface area contributed by atoms with Gasteiger partial charge in [0.1, 0.15) is 10.6 Å². The number of fused-ring (bicyclic) bond motifs is 1. The van der Waals surface area contributed by atoms with Crippen molar-refractivity contribution in [3.05, 3.63) is 52.1 Å². The van der Waals surface area contributed by atoms with Gasteiger partial charge in [0.25, 0.3) is 5.91 Å². The number of esters is 1. The number of aromatic nitrogens is 3. The lowest BCUT2D eigenvalue weighted by atomic mass is 10.2. The summed E-state index contributed by atoms with van der Waals surface area (Å²) in [5, 5.41) is 4.64. The van der Waals surface area contributed by atoms with Crippen LogP contribution in [0.2, 0.25) is 0 Å². The maximum absolute atomic E-state index is 12.7. The van der Waals surface area contributed by atoms with Crippen molar-refractivity contribution in [1.29, 1.82) is 0 Å². The Labute approximate surface area is 180 Å². The quantitative estimate of drug-likeness (QED) is 0.448. The van der Waals surface area contributed by atoms with Crippen molar-refractivity contribution in [2.24, 2.45) is 0 Å². The molecule has 4 aromatic rings. The molecule has 0 aliphatic rings. The molecule has 1 N–H and O–H groups in total. The monoisotopic (exact) mass is 442 g/mol. The number of nitrogens with zero attached hydrogens (tertiary/aromatic N) is 3. The first-order valence-electron chi connectivity index (χ1n) is 9.07. The number of aryl methyl sites for hydroxylation is 1. The maximum Gasteiger partial charge on any atom is 0.357 e. The molecule has 0 saturated heterocycles. The molecule has 0 saturated carbocycles. The number of rotatable bonds is 6. The van der Waals surface area contributed by atoms with E-state index in [0.717, 1.165) is 27.7 Å². The molecule has 0 aliphatic heterocycles. The molecular weight excluding hydrogens is 424 g/mol. The predicted octanol–water partition coefficient (Wildman–Crippen LogP) is 4.27. The predicted molar refractivity (Wildman–Crippen MR) is 116 cm³/mol. The average molecular weight is 443 g/mol. The van der Waals surface area contributed by atoms with Crippen LogP contribution in [-0.2, 0) is 4.74 Å². The van der Waals surface area contributed by atoms with Gasteiger partial charge in [-0.15, -0.1) is 11.3 Å². The van der Waals surface area contributed by atoms with Gasteiger partial charge >= 0.3 is 5.97 Å². The summed E-state index contributed by atoms with van der Waals surface area (Å²) in [5.74, 6) is -0.0203. The summed E-state index contributed by atoms with van der Waals surface area (Å²) in [6.45, 7) is 3.86. The van der Waals surface area contributed by atoms with E-state index in [1.165, 1.54) is 22.7 Å². The van der Waals surface area contributed by atoms with Crippen molar-refractivity contribution < 1.29 is 19.1 Å². The number of amides is 1. The molecule has 0 bridgehead atoms. The molecule has 0 spiro atoms. The Morgan fingerprint density at radius 3 is 2.63 bits per heavy atom. The third kappa shape index (κ3) is 3.79. The van der Waals surface area contributed by atoms with E-state index in [-0.39, 0.29) is 18.2 Å². The van der Waals surface area contributed by atoms with Crippen LogP contribution in [0.15, 0.2) is 35.8 Å². The fourth-order valence-electron chi connectivity index (χ4n) is 2.85. The number of ether oxygens (including phenoxy) is 2. The van der Waals surface area contributed by atoms with Crippen LogP contribution in [0.25, 0.3) is 16.2 Å². The standard InChI is InChI=1S/C20H18N4O4S2/c1-4-28-18(26)15-10-29-19(21-15)23-17(25)16-11(2)24-9-14(22-20(24)30-16)12-5-7-13(27-3)8-6-12/h5-10H,4H2,1-3H3,(H,21,23,25). The van der Waals surface area contributed by atoms with E-state index in [1.807, 2.05) is 41.8 Å². The SMILES string of the molecule is CCOC(=O)c1csc(NC(=O)c2sc3nc(-c4ccc(OC)cc4)cn3c2C)n1. The van der Waals surface area contributed by atoms with Crippen LogP contribution in [0.5, 0.6) is 5.75 Å². The molecule has 30 heavy (non-hydrogen) atoms. The number of carbonyl (C=O) groups excluding carboxylic acids is 2. The van der Waals surface area contributed by atoms with Gasteiger partial charge in [-0.05, 0) is 38.1 Å². The lowest BCUT2D eigenvalue weighted by Gasteiger charge is -2.01. The van der Waals surface area contributed by atoms with Gasteiger partial charge in [-0.1, -0.05) is 11.3 Å². The van der Waals surface area contributed by atoms with Crippen LogP contribution in [0.4, 0.5) is 5.13 Å². The van der Waals surface area contributed by atoms with Crippen molar-refractivity contribution in [3.8, 4) is 17.0 Å². The molecule has 0 radical (unpaired) electrons. The Bertz CT molecular complexity index is 1220. The molecule has 3 heterocycles. The van der Waals surface area contributed by atoms with Gasteiger partial charge in [0.15, 0.2) is 15.8 Å². The topological polar surface area (TPSA) is 94.8 Å². The number of hydrogen-bond acceptors (Lipinski definition) is 8. The molecular formula is C20H18N4O4S2. The van der Waals surface area contributed by atoms with E-state index in [2.05, 4.69) is 15.3 Å². The molecule has 1 aromatic carbocycles. The van der Waals surface area contributed by atoms with Crippen molar-refractivity contribution >= 4 is 44.6 Å².